The molecular weight excluding hydrogens is 311 g/mol. The fourth-order valence-corrected chi connectivity index (χ4v) is 2.56. The highest BCUT2D eigenvalue weighted by molar-refractivity contribution is 6.31. The molecule has 21 heavy (non-hydrogen) atoms. The van der Waals surface area contributed by atoms with Gasteiger partial charge in [-0.05, 0) is 13.0 Å². The van der Waals surface area contributed by atoms with Gasteiger partial charge in [-0.2, -0.15) is 5.10 Å². The molecule has 0 amide bonds. The minimum atomic E-state index is -0.213. The molecule has 6 nitrogen and oxygen atoms in total. The summed E-state index contributed by atoms with van der Waals surface area (Å²) in [5, 5.41) is 4.63. The van der Waals surface area contributed by atoms with Crippen molar-refractivity contribution in [3.63, 3.8) is 0 Å². The minimum Gasteiger partial charge on any atom is -0.311 e. The lowest BCUT2D eigenvalue weighted by atomic mass is 10.3. The highest BCUT2D eigenvalue weighted by Gasteiger charge is 2.16. The van der Waals surface area contributed by atoms with Gasteiger partial charge in [-0.15, -0.1) is 11.6 Å². The van der Waals surface area contributed by atoms with Gasteiger partial charge < -0.3 is 4.57 Å². The highest BCUT2D eigenvalue weighted by Crippen LogP contribution is 2.25. The molecule has 0 aliphatic carbocycles. The van der Waals surface area contributed by atoms with E-state index in [1.807, 2.05) is 18.5 Å². The van der Waals surface area contributed by atoms with Gasteiger partial charge in [-0.1, -0.05) is 11.6 Å². The van der Waals surface area contributed by atoms with Gasteiger partial charge in [0.15, 0.2) is 11.5 Å². The lowest BCUT2D eigenvalue weighted by molar-refractivity contribution is 0.637. The normalized spacial score (nSPS) is 13.0. The first-order valence-corrected chi connectivity index (χ1v) is 7.36. The number of aromatic nitrogens is 6. The van der Waals surface area contributed by atoms with E-state index in [4.69, 9.17) is 23.2 Å². The third kappa shape index (κ3) is 2.87. The Bertz CT molecular complexity index is 776. The zero-order valence-corrected chi connectivity index (χ0v) is 13.2. The Labute approximate surface area is 131 Å². The van der Waals surface area contributed by atoms with Gasteiger partial charge in [0.2, 0.25) is 0 Å². The Balaban J connectivity index is 1.97. The molecule has 0 saturated carbocycles. The van der Waals surface area contributed by atoms with E-state index < -0.39 is 0 Å². The summed E-state index contributed by atoms with van der Waals surface area (Å²) < 4.78 is 3.68. The molecule has 0 aliphatic heterocycles. The molecule has 1 unspecified atom stereocenters. The van der Waals surface area contributed by atoms with E-state index in [0.29, 0.717) is 18.0 Å². The van der Waals surface area contributed by atoms with Crippen LogP contribution in [0.1, 0.15) is 23.9 Å². The SMILES string of the molecule is CC(Cl)c1nc2cc(Cl)cnc2n1CCc1ncn(C)n1. The molecule has 8 heteroatoms. The van der Waals surface area contributed by atoms with Crippen LogP contribution in [0.3, 0.4) is 0 Å². The molecule has 0 radical (unpaired) electrons. The van der Waals surface area contributed by atoms with Crippen LogP contribution in [0.15, 0.2) is 18.6 Å². The van der Waals surface area contributed by atoms with Gasteiger partial charge in [0.1, 0.15) is 17.7 Å². The van der Waals surface area contributed by atoms with Gasteiger partial charge in [-0.3, -0.25) is 4.68 Å². The largest absolute Gasteiger partial charge is 0.311 e. The molecule has 110 valence electrons. The summed E-state index contributed by atoms with van der Waals surface area (Å²) in [5.41, 5.74) is 1.52. The molecule has 3 aromatic heterocycles. The van der Waals surface area contributed by atoms with Crippen LogP contribution >= 0.6 is 23.2 Å². The zero-order chi connectivity index (χ0) is 15.0. The second-order valence-electron chi connectivity index (χ2n) is 4.82. The molecular formula is C13H14Cl2N6. The second-order valence-corrected chi connectivity index (χ2v) is 5.91. The lowest BCUT2D eigenvalue weighted by Crippen LogP contribution is -2.08. The van der Waals surface area contributed by atoms with Crippen LogP contribution in [0.5, 0.6) is 0 Å². The van der Waals surface area contributed by atoms with Crippen LogP contribution < -0.4 is 0 Å². The van der Waals surface area contributed by atoms with Gasteiger partial charge in [-0.25, -0.2) is 15.0 Å². The first kappa shape index (κ1) is 14.3. The fourth-order valence-electron chi connectivity index (χ4n) is 2.24. The standard InChI is InChI=1S/C13H14Cl2N6/c1-8(14)12-18-10-5-9(15)6-16-13(10)21(12)4-3-11-17-7-20(2)19-11/h5-8H,3-4H2,1-2H3. The maximum Gasteiger partial charge on any atom is 0.160 e. The number of rotatable bonds is 4. The highest BCUT2D eigenvalue weighted by atomic mass is 35.5. The number of nitrogens with zero attached hydrogens (tertiary/aromatic N) is 6. The molecule has 0 aromatic carbocycles. The summed E-state index contributed by atoms with van der Waals surface area (Å²) in [6.45, 7) is 2.56. The van der Waals surface area contributed by atoms with E-state index >= 15 is 0 Å². The Hall–Kier alpha value is -1.66. The minimum absolute atomic E-state index is 0.213. The number of alkyl halides is 1. The van der Waals surface area contributed by atoms with E-state index in [-0.39, 0.29) is 5.38 Å². The van der Waals surface area contributed by atoms with Gasteiger partial charge >= 0.3 is 0 Å². The van der Waals surface area contributed by atoms with Crippen molar-refractivity contribution in [3.8, 4) is 0 Å². The van der Waals surface area contributed by atoms with Gasteiger partial charge in [0.05, 0.1) is 10.4 Å². The van der Waals surface area contributed by atoms with E-state index in [1.165, 1.54) is 0 Å². The molecule has 0 aliphatic rings. The third-order valence-corrected chi connectivity index (χ3v) is 3.54. The fraction of sp³-hybridized carbons (Fsp3) is 0.385. The monoisotopic (exact) mass is 324 g/mol. The summed E-state index contributed by atoms with van der Waals surface area (Å²) in [7, 11) is 1.85. The van der Waals surface area contributed by atoms with Crippen molar-refractivity contribution in [1.29, 1.82) is 0 Å². The Morgan fingerprint density at radius 3 is 2.81 bits per heavy atom. The number of hydrogen-bond acceptors (Lipinski definition) is 4. The quantitative estimate of drug-likeness (QED) is 0.692. The first-order valence-electron chi connectivity index (χ1n) is 6.55. The number of aryl methyl sites for hydroxylation is 3. The van der Waals surface area contributed by atoms with Crippen molar-refractivity contribution < 1.29 is 0 Å². The average molecular weight is 325 g/mol. The Kier molecular flexibility index (Phi) is 3.82. The van der Waals surface area contributed by atoms with Crippen molar-refractivity contribution in [1.82, 2.24) is 29.3 Å². The van der Waals surface area contributed by atoms with Crippen LogP contribution in [0.25, 0.3) is 11.2 Å². The van der Waals surface area contributed by atoms with E-state index in [1.54, 1.807) is 23.3 Å². The van der Waals surface area contributed by atoms with Crippen LogP contribution in [-0.2, 0) is 20.0 Å². The summed E-state index contributed by atoms with van der Waals surface area (Å²) in [4.78, 5) is 13.1. The average Bonchev–Trinajstić information content (AvgIpc) is 2.99. The molecule has 0 spiro atoms. The van der Waals surface area contributed by atoms with Crippen LogP contribution in [0.2, 0.25) is 5.02 Å². The molecule has 0 fully saturated rings. The molecule has 0 N–H and O–H groups in total. The molecule has 3 heterocycles. The molecule has 3 aromatic rings. The number of hydrogen-bond donors (Lipinski definition) is 0. The molecule has 0 bridgehead atoms. The number of imidazole rings is 1. The Morgan fingerprint density at radius 2 is 2.14 bits per heavy atom. The van der Waals surface area contributed by atoms with Gasteiger partial charge in [0.25, 0.3) is 0 Å². The zero-order valence-electron chi connectivity index (χ0n) is 11.7. The number of pyridine rings is 1. The Morgan fingerprint density at radius 1 is 1.33 bits per heavy atom. The molecule has 3 rings (SSSR count). The topological polar surface area (TPSA) is 61.4 Å². The van der Waals surface area contributed by atoms with Crippen LogP contribution in [0, 0.1) is 0 Å². The van der Waals surface area contributed by atoms with Crippen LogP contribution in [0.4, 0.5) is 0 Å². The first-order chi connectivity index (χ1) is 10.0. The van der Waals surface area contributed by atoms with Gasteiger partial charge in [0, 0.05) is 26.2 Å². The van der Waals surface area contributed by atoms with Crippen molar-refractivity contribution in [2.75, 3.05) is 0 Å². The van der Waals surface area contributed by atoms with E-state index in [9.17, 15) is 0 Å². The summed E-state index contributed by atoms with van der Waals surface area (Å²) in [6.07, 6.45) is 3.99. The summed E-state index contributed by atoms with van der Waals surface area (Å²) in [5.74, 6) is 1.55. The van der Waals surface area contributed by atoms with Crippen molar-refractivity contribution >= 4 is 34.4 Å². The van der Waals surface area contributed by atoms with Crippen LogP contribution in [-0.4, -0.2) is 29.3 Å². The summed E-state index contributed by atoms with van der Waals surface area (Å²) in [6, 6.07) is 1.79. The second kappa shape index (κ2) is 5.61. The maximum absolute atomic E-state index is 6.23. The molecule has 0 saturated heterocycles. The predicted molar refractivity (Wildman–Crippen MR) is 81.5 cm³/mol. The van der Waals surface area contributed by atoms with Crippen molar-refractivity contribution in [2.45, 2.75) is 25.3 Å². The predicted octanol–water partition coefficient (Wildman–Crippen LogP) is 2.76. The number of halogens is 2. The van der Waals surface area contributed by atoms with E-state index in [0.717, 1.165) is 22.8 Å². The van der Waals surface area contributed by atoms with Crippen molar-refractivity contribution in [2.24, 2.45) is 7.05 Å². The summed E-state index contributed by atoms with van der Waals surface area (Å²) >= 11 is 12.2. The smallest absolute Gasteiger partial charge is 0.160 e. The lowest BCUT2D eigenvalue weighted by Gasteiger charge is -2.08. The third-order valence-electron chi connectivity index (χ3n) is 3.14. The van der Waals surface area contributed by atoms with E-state index in [2.05, 4.69) is 20.1 Å². The number of fused-ring (bicyclic) bond motifs is 1. The van der Waals surface area contributed by atoms with Crippen molar-refractivity contribution in [3.05, 3.63) is 35.3 Å². The molecule has 1 atom stereocenters. The maximum atomic E-state index is 6.23.